The van der Waals surface area contributed by atoms with Crippen LogP contribution >= 0.6 is 12.2 Å². The molecule has 0 radical (unpaired) electrons. The first-order valence-electron chi connectivity index (χ1n) is 9.16. The molecule has 0 aliphatic rings. The van der Waals surface area contributed by atoms with Crippen molar-refractivity contribution >= 4 is 33.9 Å². The Labute approximate surface area is 157 Å². The molecule has 1 aromatic heterocycles. The molecule has 1 unspecified atom stereocenters. The average Bonchev–Trinajstić information content (AvgIpc) is 2.86. The summed E-state index contributed by atoms with van der Waals surface area (Å²) in [5.41, 5.74) is 10.8. The Morgan fingerprint density at radius 1 is 1.28 bits per heavy atom. The number of benzene rings is 1. The molecule has 0 spiro atoms. The van der Waals surface area contributed by atoms with Gasteiger partial charge in [0.15, 0.2) is 5.11 Å². The molecule has 1 aromatic carbocycles. The van der Waals surface area contributed by atoms with Crippen molar-refractivity contribution in [3.63, 3.8) is 0 Å². The molecule has 0 bridgehead atoms. The highest BCUT2D eigenvalue weighted by atomic mass is 32.1. The summed E-state index contributed by atoms with van der Waals surface area (Å²) in [5, 5.41) is 1.69. The summed E-state index contributed by atoms with van der Waals surface area (Å²) in [6.07, 6.45) is 2.20. The number of nitrogens with zero attached hydrogens (tertiary/aromatic N) is 2. The number of hydrogen-bond donors (Lipinski definition) is 2. The first-order valence-corrected chi connectivity index (χ1v) is 9.57. The van der Waals surface area contributed by atoms with Crippen molar-refractivity contribution < 1.29 is 0 Å². The Hall–Kier alpha value is -1.59. The highest BCUT2D eigenvalue weighted by molar-refractivity contribution is 7.80. The Balaban J connectivity index is 2.36. The van der Waals surface area contributed by atoms with E-state index >= 15 is 0 Å². The molecule has 0 fully saturated rings. The van der Waals surface area contributed by atoms with E-state index in [1.165, 1.54) is 28.6 Å². The van der Waals surface area contributed by atoms with E-state index < -0.39 is 0 Å². The zero-order valence-electron chi connectivity index (χ0n) is 16.4. The first-order chi connectivity index (χ1) is 11.8. The van der Waals surface area contributed by atoms with E-state index in [1.54, 1.807) is 0 Å². The maximum atomic E-state index is 5.95. The van der Waals surface area contributed by atoms with Gasteiger partial charge >= 0.3 is 0 Å². The van der Waals surface area contributed by atoms with Crippen LogP contribution in [0, 0.1) is 6.92 Å². The van der Waals surface area contributed by atoms with Gasteiger partial charge in [-0.3, -0.25) is 0 Å². The summed E-state index contributed by atoms with van der Waals surface area (Å²) in [4.78, 5) is 7.95. The number of thiocarbonyl (C=S) groups is 1. The van der Waals surface area contributed by atoms with E-state index in [-0.39, 0.29) is 6.04 Å². The van der Waals surface area contributed by atoms with Crippen molar-refractivity contribution in [2.45, 2.75) is 59.5 Å². The standard InChI is InChI=1S/C20H32N4S/c1-7-14(4)23(6)11-10-17-15(5)22-19-9-8-16(12-18(17)19)24(13(2)3)20(21)25/h8-9,12-14,22H,7,10-11H2,1-6H3,(H2,21,25). The van der Waals surface area contributed by atoms with Gasteiger partial charge in [0.25, 0.3) is 0 Å². The molecule has 0 saturated carbocycles. The summed E-state index contributed by atoms with van der Waals surface area (Å²) >= 11 is 5.25. The van der Waals surface area contributed by atoms with Crippen LogP contribution in [0.2, 0.25) is 0 Å². The topological polar surface area (TPSA) is 48.3 Å². The normalized spacial score (nSPS) is 13.0. The minimum Gasteiger partial charge on any atom is -0.376 e. The molecule has 5 heteroatoms. The molecule has 138 valence electrons. The van der Waals surface area contributed by atoms with E-state index in [0.717, 1.165) is 18.7 Å². The number of aromatic amines is 1. The van der Waals surface area contributed by atoms with Crippen LogP contribution in [0.1, 0.15) is 45.4 Å². The molecule has 2 rings (SSSR count). The summed E-state index contributed by atoms with van der Waals surface area (Å²) in [6, 6.07) is 7.28. The molecule has 0 aliphatic carbocycles. The van der Waals surface area contributed by atoms with Crippen LogP contribution in [0.5, 0.6) is 0 Å². The predicted molar refractivity (Wildman–Crippen MR) is 114 cm³/mol. The number of likely N-dealkylation sites (N-methyl/N-ethyl adjacent to an activating group) is 1. The number of nitrogens with one attached hydrogen (secondary N) is 1. The van der Waals surface area contributed by atoms with Gasteiger partial charge in [-0.05, 0) is 83.6 Å². The lowest BCUT2D eigenvalue weighted by atomic mass is 10.1. The summed E-state index contributed by atoms with van der Waals surface area (Å²) in [6.45, 7) is 11.9. The lowest BCUT2D eigenvalue weighted by Crippen LogP contribution is -2.40. The average molecular weight is 361 g/mol. The lowest BCUT2D eigenvalue weighted by molar-refractivity contribution is 0.255. The zero-order valence-corrected chi connectivity index (χ0v) is 17.2. The smallest absolute Gasteiger partial charge is 0.171 e. The maximum absolute atomic E-state index is 5.95. The minimum atomic E-state index is 0.231. The monoisotopic (exact) mass is 360 g/mol. The lowest BCUT2D eigenvalue weighted by Gasteiger charge is -2.27. The van der Waals surface area contributed by atoms with Crippen molar-refractivity contribution in [2.24, 2.45) is 5.73 Å². The molecule has 0 aliphatic heterocycles. The van der Waals surface area contributed by atoms with Gasteiger partial charge in [-0.15, -0.1) is 0 Å². The third kappa shape index (κ3) is 4.33. The second kappa shape index (κ2) is 8.19. The number of hydrogen-bond acceptors (Lipinski definition) is 2. The van der Waals surface area contributed by atoms with Gasteiger partial charge in [0.05, 0.1) is 0 Å². The van der Waals surface area contributed by atoms with Crippen LogP contribution < -0.4 is 10.6 Å². The molecule has 0 saturated heterocycles. The largest absolute Gasteiger partial charge is 0.376 e. The molecule has 1 atom stereocenters. The highest BCUT2D eigenvalue weighted by Gasteiger charge is 2.17. The van der Waals surface area contributed by atoms with Gasteiger partial charge in [0, 0.05) is 40.9 Å². The SMILES string of the molecule is CCC(C)N(C)CCc1c(C)[nH]c2ccc(N(C(N)=S)C(C)C)cc12. The molecular formula is C20H32N4S. The van der Waals surface area contributed by atoms with Crippen LogP contribution in [-0.4, -0.2) is 40.7 Å². The number of fused-ring (bicyclic) bond motifs is 1. The Morgan fingerprint density at radius 2 is 1.96 bits per heavy atom. The third-order valence-electron chi connectivity index (χ3n) is 5.19. The minimum absolute atomic E-state index is 0.231. The predicted octanol–water partition coefficient (Wildman–Crippen LogP) is 4.21. The van der Waals surface area contributed by atoms with Gasteiger partial charge in [0.1, 0.15) is 0 Å². The Bertz CT molecular complexity index is 735. The fourth-order valence-electron chi connectivity index (χ4n) is 3.34. The van der Waals surface area contributed by atoms with Gasteiger partial charge in [-0.2, -0.15) is 0 Å². The van der Waals surface area contributed by atoms with Gasteiger partial charge in [-0.25, -0.2) is 0 Å². The summed E-state index contributed by atoms with van der Waals surface area (Å²) in [5.74, 6) is 0. The fourth-order valence-corrected chi connectivity index (χ4v) is 3.66. The molecule has 25 heavy (non-hydrogen) atoms. The van der Waals surface area contributed by atoms with Crippen LogP contribution in [0.3, 0.4) is 0 Å². The second-order valence-corrected chi connectivity index (χ2v) is 7.67. The van der Waals surface area contributed by atoms with Crippen LogP contribution in [0.15, 0.2) is 18.2 Å². The van der Waals surface area contributed by atoms with Gasteiger partial charge in [0.2, 0.25) is 0 Å². The van der Waals surface area contributed by atoms with Gasteiger partial charge in [-0.1, -0.05) is 6.92 Å². The summed E-state index contributed by atoms with van der Waals surface area (Å²) in [7, 11) is 2.21. The Kier molecular flexibility index (Phi) is 6.47. The molecule has 1 heterocycles. The quantitative estimate of drug-likeness (QED) is 0.726. The van der Waals surface area contributed by atoms with Crippen LogP contribution in [-0.2, 0) is 6.42 Å². The summed E-state index contributed by atoms with van der Waals surface area (Å²) < 4.78 is 0. The molecule has 2 aromatic rings. The van der Waals surface area contributed by atoms with Crippen molar-refractivity contribution in [1.82, 2.24) is 9.88 Å². The van der Waals surface area contributed by atoms with Crippen molar-refractivity contribution in [2.75, 3.05) is 18.5 Å². The second-order valence-electron chi connectivity index (χ2n) is 7.25. The van der Waals surface area contributed by atoms with E-state index in [4.69, 9.17) is 18.0 Å². The maximum Gasteiger partial charge on any atom is 0.171 e. The first kappa shape index (κ1) is 19.7. The number of H-pyrrole nitrogens is 1. The number of aromatic nitrogens is 1. The van der Waals surface area contributed by atoms with E-state index in [9.17, 15) is 0 Å². The van der Waals surface area contributed by atoms with E-state index in [0.29, 0.717) is 11.2 Å². The number of aryl methyl sites for hydroxylation is 1. The highest BCUT2D eigenvalue weighted by Crippen LogP contribution is 2.28. The van der Waals surface area contributed by atoms with E-state index in [1.807, 2.05) is 4.90 Å². The van der Waals surface area contributed by atoms with Crippen molar-refractivity contribution in [3.05, 3.63) is 29.5 Å². The third-order valence-corrected chi connectivity index (χ3v) is 5.39. The molecule has 3 N–H and O–H groups in total. The van der Waals surface area contributed by atoms with E-state index in [2.05, 4.69) is 69.7 Å². The molecule has 4 nitrogen and oxygen atoms in total. The molecular weight excluding hydrogens is 328 g/mol. The van der Waals surface area contributed by atoms with Crippen molar-refractivity contribution in [3.8, 4) is 0 Å². The zero-order chi connectivity index (χ0) is 18.7. The number of nitrogens with two attached hydrogens (primary N) is 1. The fraction of sp³-hybridized carbons (Fsp3) is 0.550. The van der Waals surface area contributed by atoms with Gasteiger partial charge < -0.3 is 20.5 Å². The Morgan fingerprint density at radius 3 is 2.52 bits per heavy atom. The van der Waals surface area contributed by atoms with Crippen molar-refractivity contribution in [1.29, 1.82) is 0 Å². The number of anilines is 1. The number of rotatable bonds is 7. The molecule has 0 amide bonds. The van der Waals surface area contributed by atoms with Crippen LogP contribution in [0.4, 0.5) is 5.69 Å². The van der Waals surface area contributed by atoms with Crippen LogP contribution in [0.25, 0.3) is 10.9 Å².